The molecule has 0 aliphatic heterocycles. The van der Waals surface area contributed by atoms with Crippen LogP contribution < -0.4 is 10.1 Å². The monoisotopic (exact) mass is 255 g/mol. The summed E-state index contributed by atoms with van der Waals surface area (Å²) < 4.78 is 5.61. The van der Waals surface area contributed by atoms with Gasteiger partial charge in [0.1, 0.15) is 24.5 Å². The average Bonchev–Trinajstić information content (AvgIpc) is 3.30. The third kappa shape index (κ3) is 3.44. The molecule has 0 radical (unpaired) electrons. The van der Waals surface area contributed by atoms with Gasteiger partial charge < -0.3 is 10.1 Å². The fourth-order valence-corrected chi connectivity index (χ4v) is 1.94. The van der Waals surface area contributed by atoms with Crippen molar-refractivity contribution in [1.82, 2.24) is 9.97 Å². The van der Waals surface area contributed by atoms with E-state index in [1.165, 1.54) is 12.8 Å². The van der Waals surface area contributed by atoms with Crippen LogP contribution >= 0.6 is 0 Å². The van der Waals surface area contributed by atoms with Crippen LogP contribution in [0.2, 0.25) is 0 Å². The standard InChI is InChI=1S/C15H17N3O/c1-2-4-13(5-3-1)19-9-8-16-15-10-14(12-6-7-12)17-11-18-15/h1-5,10-12H,6-9H2,(H,16,17,18). The van der Waals surface area contributed by atoms with Gasteiger partial charge in [0.05, 0.1) is 6.54 Å². The Kier molecular flexibility index (Phi) is 3.58. The molecule has 1 aromatic heterocycles. The summed E-state index contributed by atoms with van der Waals surface area (Å²) in [5.41, 5.74) is 1.15. The van der Waals surface area contributed by atoms with Crippen molar-refractivity contribution in [3.05, 3.63) is 48.4 Å². The molecule has 3 rings (SSSR count). The van der Waals surface area contributed by atoms with Crippen LogP contribution in [0.1, 0.15) is 24.5 Å². The van der Waals surface area contributed by atoms with E-state index in [9.17, 15) is 0 Å². The Bertz CT molecular complexity index is 526. The third-order valence-corrected chi connectivity index (χ3v) is 3.10. The van der Waals surface area contributed by atoms with Crippen molar-refractivity contribution >= 4 is 5.82 Å². The first-order valence-electron chi connectivity index (χ1n) is 6.65. The summed E-state index contributed by atoms with van der Waals surface area (Å²) in [4.78, 5) is 8.51. The van der Waals surface area contributed by atoms with Crippen LogP contribution in [0.15, 0.2) is 42.7 Å². The van der Waals surface area contributed by atoms with Gasteiger partial charge in [-0.1, -0.05) is 18.2 Å². The number of para-hydroxylation sites is 1. The van der Waals surface area contributed by atoms with Crippen LogP contribution in [0.3, 0.4) is 0 Å². The maximum absolute atomic E-state index is 5.61. The van der Waals surface area contributed by atoms with Crippen molar-refractivity contribution in [2.24, 2.45) is 0 Å². The van der Waals surface area contributed by atoms with Crippen LogP contribution in [0, 0.1) is 0 Å². The number of nitrogens with one attached hydrogen (secondary N) is 1. The second-order valence-corrected chi connectivity index (χ2v) is 4.69. The molecule has 0 saturated heterocycles. The number of rotatable bonds is 6. The van der Waals surface area contributed by atoms with E-state index >= 15 is 0 Å². The van der Waals surface area contributed by atoms with E-state index in [1.807, 2.05) is 36.4 Å². The van der Waals surface area contributed by atoms with Gasteiger partial charge in [0.2, 0.25) is 0 Å². The molecule has 4 nitrogen and oxygen atoms in total. The van der Waals surface area contributed by atoms with E-state index in [1.54, 1.807) is 6.33 Å². The number of benzene rings is 1. The Morgan fingerprint density at radius 3 is 2.79 bits per heavy atom. The van der Waals surface area contributed by atoms with Crippen LogP contribution in [0.4, 0.5) is 5.82 Å². The van der Waals surface area contributed by atoms with Gasteiger partial charge in [-0.25, -0.2) is 9.97 Å². The molecule has 0 amide bonds. The highest BCUT2D eigenvalue weighted by Crippen LogP contribution is 2.39. The normalized spacial score (nSPS) is 14.1. The minimum Gasteiger partial charge on any atom is -0.492 e. The summed E-state index contributed by atoms with van der Waals surface area (Å²) in [6.45, 7) is 1.35. The van der Waals surface area contributed by atoms with Gasteiger partial charge >= 0.3 is 0 Å². The smallest absolute Gasteiger partial charge is 0.129 e. The molecule has 1 saturated carbocycles. The SMILES string of the molecule is c1ccc(OCCNc2cc(C3CC3)ncn2)cc1. The van der Waals surface area contributed by atoms with E-state index < -0.39 is 0 Å². The largest absolute Gasteiger partial charge is 0.492 e. The van der Waals surface area contributed by atoms with Gasteiger partial charge in [-0.05, 0) is 25.0 Å². The Morgan fingerprint density at radius 1 is 1.16 bits per heavy atom. The lowest BCUT2D eigenvalue weighted by Crippen LogP contribution is -2.12. The van der Waals surface area contributed by atoms with Gasteiger partial charge in [-0.15, -0.1) is 0 Å². The highest BCUT2D eigenvalue weighted by atomic mass is 16.5. The molecule has 1 aromatic carbocycles. The lowest BCUT2D eigenvalue weighted by Gasteiger charge is -2.08. The van der Waals surface area contributed by atoms with Crippen LogP contribution in [0.25, 0.3) is 0 Å². The van der Waals surface area contributed by atoms with Crippen molar-refractivity contribution in [2.75, 3.05) is 18.5 Å². The van der Waals surface area contributed by atoms with Crippen LogP contribution in [0.5, 0.6) is 5.75 Å². The van der Waals surface area contributed by atoms with Gasteiger partial charge in [0.25, 0.3) is 0 Å². The topological polar surface area (TPSA) is 47.0 Å². The van der Waals surface area contributed by atoms with Crippen LogP contribution in [-0.4, -0.2) is 23.1 Å². The molecule has 19 heavy (non-hydrogen) atoms. The molecule has 98 valence electrons. The summed E-state index contributed by atoms with van der Waals surface area (Å²) in [7, 11) is 0. The minimum absolute atomic E-state index is 0.618. The van der Waals surface area contributed by atoms with E-state index in [-0.39, 0.29) is 0 Å². The molecule has 0 unspecified atom stereocenters. The predicted molar refractivity (Wildman–Crippen MR) is 74.4 cm³/mol. The maximum atomic E-state index is 5.61. The molecule has 1 aliphatic rings. The lowest BCUT2D eigenvalue weighted by molar-refractivity contribution is 0.333. The van der Waals surface area contributed by atoms with Crippen LogP contribution in [-0.2, 0) is 0 Å². The number of ether oxygens (including phenoxy) is 1. The molecule has 1 heterocycles. The zero-order chi connectivity index (χ0) is 12.9. The summed E-state index contributed by atoms with van der Waals surface area (Å²) in [6.07, 6.45) is 4.15. The lowest BCUT2D eigenvalue weighted by atomic mass is 10.3. The Labute approximate surface area is 112 Å². The van der Waals surface area contributed by atoms with Gasteiger partial charge in [-0.2, -0.15) is 0 Å². The van der Waals surface area contributed by atoms with E-state index in [2.05, 4.69) is 15.3 Å². The summed E-state index contributed by atoms with van der Waals surface area (Å²) in [5.74, 6) is 2.43. The summed E-state index contributed by atoms with van der Waals surface area (Å²) in [6, 6.07) is 11.9. The zero-order valence-corrected chi connectivity index (χ0v) is 10.7. The van der Waals surface area contributed by atoms with Crippen molar-refractivity contribution in [3.8, 4) is 5.75 Å². The van der Waals surface area contributed by atoms with E-state index in [4.69, 9.17) is 4.74 Å². The number of hydrogen-bond donors (Lipinski definition) is 1. The zero-order valence-electron chi connectivity index (χ0n) is 10.7. The molecule has 1 fully saturated rings. The average molecular weight is 255 g/mol. The van der Waals surface area contributed by atoms with E-state index in [0.29, 0.717) is 12.5 Å². The second kappa shape index (κ2) is 5.69. The van der Waals surface area contributed by atoms with Gasteiger partial charge in [0, 0.05) is 17.7 Å². The van der Waals surface area contributed by atoms with Gasteiger partial charge in [0.15, 0.2) is 0 Å². The fourth-order valence-electron chi connectivity index (χ4n) is 1.94. The maximum Gasteiger partial charge on any atom is 0.129 e. The number of nitrogens with zero attached hydrogens (tertiary/aromatic N) is 2. The molecule has 1 N–H and O–H groups in total. The third-order valence-electron chi connectivity index (χ3n) is 3.10. The molecular formula is C15H17N3O. The molecule has 4 heteroatoms. The first kappa shape index (κ1) is 12.0. The van der Waals surface area contributed by atoms with Crippen molar-refractivity contribution in [3.63, 3.8) is 0 Å². The second-order valence-electron chi connectivity index (χ2n) is 4.69. The van der Waals surface area contributed by atoms with Gasteiger partial charge in [-0.3, -0.25) is 0 Å². The minimum atomic E-state index is 0.618. The number of aromatic nitrogens is 2. The Balaban J connectivity index is 1.46. The molecule has 0 bridgehead atoms. The Hall–Kier alpha value is -2.10. The Morgan fingerprint density at radius 2 is 2.00 bits per heavy atom. The van der Waals surface area contributed by atoms with Crippen molar-refractivity contribution in [1.29, 1.82) is 0 Å². The molecule has 2 aromatic rings. The predicted octanol–water partition coefficient (Wildman–Crippen LogP) is 2.84. The summed E-state index contributed by atoms with van der Waals surface area (Å²) in [5, 5.41) is 3.26. The highest BCUT2D eigenvalue weighted by Gasteiger charge is 2.25. The molecule has 0 spiro atoms. The fraction of sp³-hybridized carbons (Fsp3) is 0.333. The quantitative estimate of drug-likeness (QED) is 0.806. The first-order chi connectivity index (χ1) is 9.42. The number of hydrogen-bond acceptors (Lipinski definition) is 4. The van der Waals surface area contributed by atoms with Crippen molar-refractivity contribution < 1.29 is 4.74 Å². The highest BCUT2D eigenvalue weighted by molar-refractivity contribution is 5.36. The van der Waals surface area contributed by atoms with E-state index in [0.717, 1.165) is 23.8 Å². The molecule has 0 atom stereocenters. The van der Waals surface area contributed by atoms with Crippen molar-refractivity contribution in [2.45, 2.75) is 18.8 Å². The first-order valence-corrected chi connectivity index (χ1v) is 6.65. The molecule has 1 aliphatic carbocycles. The molecular weight excluding hydrogens is 238 g/mol. The number of anilines is 1. The summed E-state index contributed by atoms with van der Waals surface area (Å²) >= 11 is 0.